The Hall–Kier alpha value is -1.21. The fourth-order valence-corrected chi connectivity index (χ4v) is 4.33. The molecule has 1 heterocycles. The summed E-state index contributed by atoms with van der Waals surface area (Å²) in [5, 5.41) is 0.936. The van der Waals surface area contributed by atoms with Gasteiger partial charge in [-0.15, -0.1) is 12.4 Å². The van der Waals surface area contributed by atoms with E-state index in [-0.39, 0.29) is 24.7 Å². The zero-order chi connectivity index (χ0) is 16.2. The highest BCUT2D eigenvalue weighted by atomic mass is 35.5. The van der Waals surface area contributed by atoms with E-state index in [9.17, 15) is 8.42 Å². The zero-order valence-corrected chi connectivity index (χ0v) is 15.1. The van der Waals surface area contributed by atoms with E-state index in [0.717, 1.165) is 10.9 Å². The van der Waals surface area contributed by atoms with E-state index in [2.05, 4.69) is 9.71 Å². The lowest BCUT2D eigenvalue weighted by molar-refractivity contribution is 0.363. The standard InChI is InChI=1S/C16H23N3O2S.ClH/c1-3-16(4-2,12-17)19-22(20,21)11-14-8-5-7-13-9-6-10-18-15(13)14;/h5-10,19H,3-4,11-12,17H2,1-2H3;1H. The Morgan fingerprint density at radius 2 is 1.83 bits per heavy atom. The Balaban J connectivity index is 0.00000264. The molecule has 0 spiro atoms. The van der Waals surface area contributed by atoms with Gasteiger partial charge in [0.05, 0.1) is 11.3 Å². The number of sulfonamides is 1. The van der Waals surface area contributed by atoms with Crippen molar-refractivity contribution in [1.29, 1.82) is 0 Å². The first kappa shape index (κ1) is 19.8. The number of nitrogens with one attached hydrogen (secondary N) is 1. The molecule has 23 heavy (non-hydrogen) atoms. The normalized spacial score (nSPS) is 12.1. The van der Waals surface area contributed by atoms with Gasteiger partial charge in [0, 0.05) is 23.7 Å². The van der Waals surface area contributed by atoms with Crippen molar-refractivity contribution in [2.24, 2.45) is 5.73 Å². The summed E-state index contributed by atoms with van der Waals surface area (Å²) in [5.41, 5.74) is 6.63. The molecule has 128 valence electrons. The summed E-state index contributed by atoms with van der Waals surface area (Å²) >= 11 is 0. The summed E-state index contributed by atoms with van der Waals surface area (Å²) in [6, 6.07) is 9.34. The fourth-order valence-electron chi connectivity index (χ4n) is 2.58. The Labute approximate surface area is 144 Å². The van der Waals surface area contributed by atoms with Crippen LogP contribution >= 0.6 is 12.4 Å². The SMILES string of the molecule is CCC(CC)(CN)NS(=O)(=O)Cc1cccc2cccnc12.Cl. The minimum Gasteiger partial charge on any atom is -0.329 e. The first-order chi connectivity index (χ1) is 10.5. The van der Waals surface area contributed by atoms with Crippen molar-refractivity contribution >= 4 is 33.3 Å². The first-order valence-electron chi connectivity index (χ1n) is 7.49. The molecule has 0 radical (unpaired) electrons. The van der Waals surface area contributed by atoms with Crippen molar-refractivity contribution in [3.8, 4) is 0 Å². The minimum absolute atomic E-state index is 0. The average molecular weight is 358 g/mol. The maximum absolute atomic E-state index is 12.5. The van der Waals surface area contributed by atoms with E-state index in [1.807, 2.05) is 38.1 Å². The van der Waals surface area contributed by atoms with Gasteiger partial charge in [-0.1, -0.05) is 38.1 Å². The summed E-state index contributed by atoms with van der Waals surface area (Å²) in [6.07, 6.45) is 2.99. The van der Waals surface area contributed by atoms with Crippen molar-refractivity contribution in [2.75, 3.05) is 6.54 Å². The number of fused-ring (bicyclic) bond motifs is 1. The lowest BCUT2D eigenvalue weighted by Gasteiger charge is -2.31. The van der Waals surface area contributed by atoms with Crippen LogP contribution in [0.3, 0.4) is 0 Å². The number of halogens is 1. The summed E-state index contributed by atoms with van der Waals surface area (Å²) in [5.74, 6) is -0.0941. The predicted molar refractivity (Wildman–Crippen MR) is 97.1 cm³/mol. The molecule has 0 aliphatic rings. The van der Waals surface area contributed by atoms with Gasteiger partial charge in [0.25, 0.3) is 0 Å². The van der Waals surface area contributed by atoms with Crippen LogP contribution in [0, 0.1) is 0 Å². The maximum atomic E-state index is 12.5. The third-order valence-corrected chi connectivity index (χ3v) is 5.61. The highest BCUT2D eigenvalue weighted by Gasteiger charge is 2.30. The molecular weight excluding hydrogens is 334 g/mol. The summed E-state index contributed by atoms with van der Waals surface area (Å²) in [7, 11) is -3.49. The van der Waals surface area contributed by atoms with Gasteiger partial charge < -0.3 is 5.73 Å². The van der Waals surface area contributed by atoms with E-state index in [1.54, 1.807) is 12.3 Å². The summed E-state index contributed by atoms with van der Waals surface area (Å²) < 4.78 is 27.9. The molecule has 0 unspecified atom stereocenters. The van der Waals surface area contributed by atoms with Crippen LogP contribution in [0.4, 0.5) is 0 Å². The fraction of sp³-hybridized carbons (Fsp3) is 0.438. The van der Waals surface area contributed by atoms with Crippen molar-refractivity contribution < 1.29 is 8.42 Å². The predicted octanol–water partition coefficient (Wildman–Crippen LogP) is 2.59. The Bertz CT molecular complexity index is 732. The molecule has 0 saturated carbocycles. The average Bonchev–Trinajstić information content (AvgIpc) is 2.53. The van der Waals surface area contributed by atoms with E-state index in [4.69, 9.17) is 5.73 Å². The molecule has 0 amide bonds. The van der Waals surface area contributed by atoms with E-state index in [0.29, 0.717) is 18.4 Å². The van der Waals surface area contributed by atoms with Gasteiger partial charge in [-0.05, 0) is 24.5 Å². The molecule has 3 N–H and O–H groups in total. The molecule has 0 atom stereocenters. The highest BCUT2D eigenvalue weighted by Crippen LogP contribution is 2.20. The van der Waals surface area contributed by atoms with Crippen molar-refractivity contribution in [1.82, 2.24) is 9.71 Å². The van der Waals surface area contributed by atoms with Crippen LogP contribution < -0.4 is 10.5 Å². The molecule has 2 rings (SSSR count). The number of aromatic nitrogens is 1. The number of hydrogen-bond donors (Lipinski definition) is 2. The third kappa shape index (κ3) is 4.64. The Morgan fingerprint density at radius 1 is 1.17 bits per heavy atom. The van der Waals surface area contributed by atoms with Crippen LogP contribution in [0.2, 0.25) is 0 Å². The lowest BCUT2D eigenvalue weighted by Crippen LogP contribution is -2.53. The Kier molecular flexibility index (Phi) is 6.95. The maximum Gasteiger partial charge on any atom is 0.216 e. The number of hydrogen-bond acceptors (Lipinski definition) is 4. The van der Waals surface area contributed by atoms with Gasteiger partial charge in [0.15, 0.2) is 0 Å². The second-order valence-electron chi connectivity index (χ2n) is 5.54. The van der Waals surface area contributed by atoms with Crippen molar-refractivity contribution in [2.45, 2.75) is 38.0 Å². The minimum atomic E-state index is -3.49. The van der Waals surface area contributed by atoms with Gasteiger partial charge in [0.2, 0.25) is 10.0 Å². The number of benzene rings is 1. The van der Waals surface area contributed by atoms with Crippen LogP contribution in [0.15, 0.2) is 36.5 Å². The van der Waals surface area contributed by atoms with Crippen molar-refractivity contribution in [3.05, 3.63) is 42.1 Å². The molecule has 2 aromatic rings. The van der Waals surface area contributed by atoms with Gasteiger partial charge in [0.1, 0.15) is 0 Å². The first-order valence-corrected chi connectivity index (χ1v) is 9.15. The number of nitrogens with zero attached hydrogens (tertiary/aromatic N) is 1. The molecule has 0 saturated heterocycles. The van der Waals surface area contributed by atoms with Crippen LogP contribution in [0.25, 0.3) is 10.9 Å². The lowest BCUT2D eigenvalue weighted by atomic mass is 9.95. The molecule has 0 aliphatic heterocycles. The number of nitrogens with two attached hydrogens (primary N) is 1. The van der Waals surface area contributed by atoms with Crippen molar-refractivity contribution in [3.63, 3.8) is 0 Å². The quantitative estimate of drug-likeness (QED) is 0.797. The Morgan fingerprint density at radius 3 is 2.43 bits per heavy atom. The van der Waals surface area contributed by atoms with E-state index >= 15 is 0 Å². The molecule has 5 nitrogen and oxygen atoms in total. The van der Waals surface area contributed by atoms with Crippen LogP contribution in [0.5, 0.6) is 0 Å². The summed E-state index contributed by atoms with van der Waals surface area (Å²) in [4.78, 5) is 4.31. The zero-order valence-electron chi connectivity index (χ0n) is 13.5. The summed E-state index contributed by atoms with van der Waals surface area (Å²) in [6.45, 7) is 4.17. The third-order valence-electron chi connectivity index (χ3n) is 4.18. The number of para-hydroxylation sites is 1. The van der Waals surface area contributed by atoms with Gasteiger partial charge in [-0.2, -0.15) is 0 Å². The van der Waals surface area contributed by atoms with Crippen LogP contribution in [-0.4, -0.2) is 25.5 Å². The van der Waals surface area contributed by atoms with E-state index < -0.39 is 15.6 Å². The molecule has 1 aromatic carbocycles. The second-order valence-corrected chi connectivity index (χ2v) is 7.27. The molecule has 0 fully saturated rings. The van der Waals surface area contributed by atoms with E-state index in [1.165, 1.54) is 0 Å². The smallest absolute Gasteiger partial charge is 0.216 e. The second kappa shape index (κ2) is 8.06. The van der Waals surface area contributed by atoms with Crippen LogP contribution in [0.1, 0.15) is 32.3 Å². The largest absolute Gasteiger partial charge is 0.329 e. The number of rotatable bonds is 7. The van der Waals surface area contributed by atoms with Gasteiger partial charge in [-0.3, -0.25) is 4.98 Å². The molecule has 0 bridgehead atoms. The highest BCUT2D eigenvalue weighted by molar-refractivity contribution is 7.88. The van der Waals surface area contributed by atoms with Crippen LogP contribution in [-0.2, 0) is 15.8 Å². The molecular formula is C16H24ClN3O2S. The number of pyridine rings is 1. The molecule has 7 heteroatoms. The molecule has 0 aliphatic carbocycles. The molecule has 1 aromatic heterocycles. The monoisotopic (exact) mass is 357 g/mol. The van der Waals surface area contributed by atoms with Gasteiger partial charge >= 0.3 is 0 Å². The topological polar surface area (TPSA) is 85.1 Å². The van der Waals surface area contributed by atoms with Gasteiger partial charge in [-0.25, -0.2) is 13.1 Å².